The topological polar surface area (TPSA) is 29.3 Å². The Hall–Kier alpha value is -1.67. The fourth-order valence-corrected chi connectivity index (χ4v) is 2.49. The lowest BCUT2D eigenvalue weighted by Crippen LogP contribution is -2.18. The van der Waals surface area contributed by atoms with Crippen LogP contribution in [0.15, 0.2) is 42.5 Å². The van der Waals surface area contributed by atoms with Crippen LogP contribution in [0.1, 0.15) is 18.1 Å². The van der Waals surface area contributed by atoms with Gasteiger partial charge in [0, 0.05) is 13.6 Å². The highest BCUT2D eigenvalue weighted by atomic mass is 35.5. The molecule has 0 spiro atoms. The van der Waals surface area contributed by atoms with Gasteiger partial charge in [-0.2, -0.15) is 0 Å². The van der Waals surface area contributed by atoms with Gasteiger partial charge in [0.25, 0.3) is 0 Å². The first-order valence-electron chi connectivity index (χ1n) is 6.44. The van der Waals surface area contributed by atoms with Gasteiger partial charge in [0.2, 0.25) is 0 Å². The summed E-state index contributed by atoms with van der Waals surface area (Å²) < 4.78 is 0. The van der Waals surface area contributed by atoms with Crippen LogP contribution in [0, 0.1) is 0 Å². The third kappa shape index (κ3) is 3.21. The summed E-state index contributed by atoms with van der Waals surface area (Å²) in [6.07, 6.45) is 1.06. The number of nitrogen functional groups attached to an aromatic ring is 1. The number of anilines is 2. The summed E-state index contributed by atoms with van der Waals surface area (Å²) in [7, 11) is 2.01. The summed E-state index contributed by atoms with van der Waals surface area (Å²) in [5.74, 6) is 0. The molecule has 2 aromatic carbocycles. The molecule has 0 amide bonds. The molecule has 3 heteroatoms. The first kappa shape index (κ1) is 13.8. The van der Waals surface area contributed by atoms with E-state index in [-0.39, 0.29) is 0 Å². The van der Waals surface area contributed by atoms with Gasteiger partial charge >= 0.3 is 0 Å². The summed E-state index contributed by atoms with van der Waals surface area (Å²) >= 11 is 6.22. The lowest BCUT2D eigenvalue weighted by molar-refractivity contribution is 0.923. The van der Waals surface area contributed by atoms with Crippen molar-refractivity contribution < 1.29 is 0 Å². The first-order valence-corrected chi connectivity index (χ1v) is 6.82. The van der Waals surface area contributed by atoms with Crippen molar-refractivity contribution in [3.05, 3.63) is 58.6 Å². The molecule has 0 fully saturated rings. The maximum absolute atomic E-state index is 6.22. The van der Waals surface area contributed by atoms with Gasteiger partial charge < -0.3 is 10.6 Å². The average Bonchev–Trinajstić information content (AvgIpc) is 2.39. The van der Waals surface area contributed by atoms with Crippen LogP contribution >= 0.6 is 11.6 Å². The van der Waals surface area contributed by atoms with Crippen molar-refractivity contribution in [3.63, 3.8) is 0 Å². The molecular weight excluding hydrogens is 256 g/mol. The number of rotatable bonds is 4. The molecule has 0 saturated carbocycles. The van der Waals surface area contributed by atoms with Crippen molar-refractivity contribution in [3.8, 4) is 0 Å². The lowest BCUT2D eigenvalue weighted by atomic mass is 10.1. The van der Waals surface area contributed by atoms with E-state index in [2.05, 4.69) is 36.1 Å². The third-order valence-corrected chi connectivity index (χ3v) is 3.56. The van der Waals surface area contributed by atoms with E-state index in [1.807, 2.05) is 25.2 Å². The molecule has 0 aliphatic rings. The second-order valence-corrected chi connectivity index (χ2v) is 5.11. The standard InChI is InChI=1S/C16H19ClN2/c1-3-12-7-9-13(10-8-12)11-19(2)16-14(17)5-4-6-15(16)18/h4-10H,3,11,18H2,1-2H3. The van der Waals surface area contributed by atoms with E-state index in [1.54, 1.807) is 0 Å². The Morgan fingerprint density at radius 1 is 1.05 bits per heavy atom. The van der Waals surface area contributed by atoms with Crippen molar-refractivity contribution in [1.29, 1.82) is 0 Å². The minimum absolute atomic E-state index is 0.688. The molecule has 0 unspecified atom stereocenters. The van der Waals surface area contributed by atoms with Gasteiger partial charge in [-0.1, -0.05) is 48.9 Å². The predicted octanol–water partition coefficient (Wildman–Crippen LogP) is 4.12. The highest BCUT2D eigenvalue weighted by molar-refractivity contribution is 6.33. The van der Waals surface area contributed by atoms with E-state index in [0.29, 0.717) is 10.7 Å². The van der Waals surface area contributed by atoms with Gasteiger partial charge in [0.1, 0.15) is 0 Å². The Labute approximate surface area is 119 Å². The van der Waals surface area contributed by atoms with E-state index in [4.69, 9.17) is 17.3 Å². The van der Waals surface area contributed by atoms with E-state index >= 15 is 0 Å². The number of para-hydroxylation sites is 1. The Balaban J connectivity index is 2.18. The highest BCUT2D eigenvalue weighted by Gasteiger charge is 2.10. The molecule has 0 radical (unpaired) electrons. The molecule has 2 N–H and O–H groups in total. The molecule has 0 heterocycles. The maximum Gasteiger partial charge on any atom is 0.0789 e. The third-order valence-electron chi connectivity index (χ3n) is 3.25. The zero-order valence-electron chi connectivity index (χ0n) is 11.4. The zero-order chi connectivity index (χ0) is 13.8. The largest absolute Gasteiger partial charge is 0.397 e. The van der Waals surface area contributed by atoms with E-state index < -0.39 is 0 Å². The molecule has 0 bridgehead atoms. The van der Waals surface area contributed by atoms with Crippen LogP contribution in [0.25, 0.3) is 0 Å². The molecule has 2 nitrogen and oxygen atoms in total. The minimum atomic E-state index is 0.688. The van der Waals surface area contributed by atoms with Gasteiger partial charge in [-0.05, 0) is 29.7 Å². The number of hydrogen-bond donors (Lipinski definition) is 1. The zero-order valence-corrected chi connectivity index (χ0v) is 12.1. The second kappa shape index (κ2) is 5.98. The summed E-state index contributed by atoms with van der Waals surface area (Å²) in [6, 6.07) is 14.2. The number of aryl methyl sites for hydroxylation is 1. The highest BCUT2D eigenvalue weighted by Crippen LogP contribution is 2.31. The summed E-state index contributed by atoms with van der Waals surface area (Å²) in [6.45, 7) is 2.95. The Morgan fingerprint density at radius 3 is 2.26 bits per heavy atom. The SMILES string of the molecule is CCc1ccc(CN(C)c2c(N)cccc2Cl)cc1. The molecule has 2 rings (SSSR count). The molecule has 19 heavy (non-hydrogen) atoms. The second-order valence-electron chi connectivity index (χ2n) is 4.70. The smallest absolute Gasteiger partial charge is 0.0789 e. The summed E-state index contributed by atoms with van der Waals surface area (Å²) in [4.78, 5) is 2.08. The van der Waals surface area contributed by atoms with Crippen molar-refractivity contribution in [2.45, 2.75) is 19.9 Å². The number of nitrogens with zero attached hydrogens (tertiary/aromatic N) is 1. The van der Waals surface area contributed by atoms with E-state index in [1.165, 1.54) is 11.1 Å². The van der Waals surface area contributed by atoms with Crippen molar-refractivity contribution in [2.24, 2.45) is 0 Å². The van der Waals surface area contributed by atoms with Crippen LogP contribution < -0.4 is 10.6 Å². The fourth-order valence-electron chi connectivity index (χ4n) is 2.17. The van der Waals surface area contributed by atoms with Gasteiger partial charge in [-0.3, -0.25) is 0 Å². The van der Waals surface area contributed by atoms with Crippen molar-refractivity contribution in [1.82, 2.24) is 0 Å². The van der Waals surface area contributed by atoms with Crippen LogP contribution in [-0.2, 0) is 13.0 Å². The molecule has 0 aromatic heterocycles. The van der Waals surface area contributed by atoms with Crippen LogP contribution in [0.3, 0.4) is 0 Å². The fraction of sp³-hybridized carbons (Fsp3) is 0.250. The summed E-state index contributed by atoms with van der Waals surface area (Å²) in [5.41, 5.74) is 10.2. The average molecular weight is 275 g/mol. The van der Waals surface area contributed by atoms with Crippen molar-refractivity contribution >= 4 is 23.0 Å². The molecule has 0 atom stereocenters. The number of nitrogens with two attached hydrogens (primary N) is 1. The Bertz CT molecular complexity index is 529. The van der Waals surface area contributed by atoms with E-state index in [0.717, 1.165) is 18.7 Å². The molecular formula is C16H19ClN2. The van der Waals surface area contributed by atoms with Gasteiger partial charge in [-0.15, -0.1) is 0 Å². The van der Waals surface area contributed by atoms with E-state index in [9.17, 15) is 0 Å². The quantitative estimate of drug-likeness (QED) is 0.850. The minimum Gasteiger partial charge on any atom is -0.397 e. The number of hydrogen-bond acceptors (Lipinski definition) is 2. The molecule has 0 saturated heterocycles. The molecule has 0 aliphatic heterocycles. The first-order chi connectivity index (χ1) is 9.11. The van der Waals surface area contributed by atoms with Gasteiger partial charge in [0.15, 0.2) is 0 Å². The van der Waals surface area contributed by atoms with Crippen LogP contribution in [0.4, 0.5) is 11.4 Å². The van der Waals surface area contributed by atoms with Gasteiger partial charge in [0.05, 0.1) is 16.4 Å². The van der Waals surface area contributed by atoms with Gasteiger partial charge in [-0.25, -0.2) is 0 Å². The maximum atomic E-state index is 6.22. The number of halogens is 1. The summed E-state index contributed by atoms with van der Waals surface area (Å²) in [5, 5.41) is 0.688. The normalized spacial score (nSPS) is 10.5. The number of benzene rings is 2. The molecule has 2 aromatic rings. The predicted molar refractivity (Wildman–Crippen MR) is 83.8 cm³/mol. The molecule has 100 valence electrons. The van der Waals surface area contributed by atoms with Crippen LogP contribution in [0.2, 0.25) is 5.02 Å². The molecule has 0 aliphatic carbocycles. The monoisotopic (exact) mass is 274 g/mol. The Morgan fingerprint density at radius 2 is 1.68 bits per heavy atom. The van der Waals surface area contributed by atoms with Crippen LogP contribution in [-0.4, -0.2) is 7.05 Å². The Kier molecular flexibility index (Phi) is 4.33. The van der Waals surface area contributed by atoms with Crippen molar-refractivity contribution in [2.75, 3.05) is 17.7 Å². The lowest BCUT2D eigenvalue weighted by Gasteiger charge is -2.22. The van der Waals surface area contributed by atoms with Crippen LogP contribution in [0.5, 0.6) is 0 Å².